The lowest BCUT2D eigenvalue weighted by molar-refractivity contribution is 0.316. The molecule has 0 saturated carbocycles. The van der Waals surface area contributed by atoms with Crippen molar-refractivity contribution in [2.24, 2.45) is 5.92 Å². The molecule has 14 heteroatoms. The van der Waals surface area contributed by atoms with E-state index in [-0.39, 0.29) is 23.9 Å². The Bertz CT molecular complexity index is 1790. The van der Waals surface area contributed by atoms with Crippen molar-refractivity contribution in [3.8, 4) is 0 Å². The van der Waals surface area contributed by atoms with E-state index in [9.17, 15) is 4.39 Å². The number of aromatic nitrogens is 8. The molecule has 45 heavy (non-hydrogen) atoms. The van der Waals surface area contributed by atoms with Crippen LogP contribution in [0.4, 0.5) is 16.3 Å². The number of hydrogen-bond donors (Lipinski definition) is 2. The van der Waals surface area contributed by atoms with Gasteiger partial charge in [0, 0.05) is 19.0 Å². The van der Waals surface area contributed by atoms with Gasteiger partial charge in [0.25, 0.3) is 0 Å². The molecule has 234 valence electrons. The summed E-state index contributed by atoms with van der Waals surface area (Å²) in [4.78, 5) is 0. The zero-order valence-corrected chi connectivity index (χ0v) is 29.6. The molecule has 7 rings (SSSR count). The average Bonchev–Trinajstić information content (AvgIpc) is 3.69. The molecule has 0 radical (unpaired) electrons. The summed E-state index contributed by atoms with van der Waals surface area (Å²) in [7, 11) is 0. The van der Waals surface area contributed by atoms with Crippen LogP contribution in [0.5, 0.6) is 0 Å². The van der Waals surface area contributed by atoms with Gasteiger partial charge in [-0.3, -0.25) is 0 Å². The zero-order chi connectivity index (χ0) is 31.7. The first-order chi connectivity index (χ1) is 21.7. The predicted molar refractivity (Wildman–Crippen MR) is 181 cm³/mol. The SMILES string of the molecule is CC(C)CC1CC(c2cccc(Br)c2)Nc2nnnn21.Cc1ccc(Br)c([C@H]2C[C@@H](c3cccc(Br)c3)Nc3nnnn32)c1F. The average molecular weight is 803 g/mol. The molecule has 2 N–H and O–H groups in total. The summed E-state index contributed by atoms with van der Waals surface area (Å²) in [6.45, 7) is 6.24. The van der Waals surface area contributed by atoms with Crippen molar-refractivity contribution in [2.45, 2.75) is 64.2 Å². The maximum absolute atomic E-state index is 14.9. The molecule has 10 nitrogen and oxygen atoms in total. The van der Waals surface area contributed by atoms with Gasteiger partial charge in [-0.1, -0.05) is 102 Å². The number of benzene rings is 3. The number of nitrogens with zero attached hydrogens (tertiary/aromatic N) is 8. The van der Waals surface area contributed by atoms with Crippen LogP contribution in [0.3, 0.4) is 0 Å². The van der Waals surface area contributed by atoms with Gasteiger partial charge in [-0.05, 0) is 100.0 Å². The maximum Gasteiger partial charge on any atom is 0.243 e. The first-order valence-corrected chi connectivity index (χ1v) is 17.1. The van der Waals surface area contributed by atoms with Crippen LogP contribution in [0.1, 0.15) is 79.5 Å². The molecule has 2 aliphatic heterocycles. The highest BCUT2D eigenvalue weighted by Gasteiger charge is 2.34. The molecule has 0 fully saturated rings. The minimum Gasteiger partial charge on any atom is -0.346 e. The van der Waals surface area contributed by atoms with Crippen LogP contribution < -0.4 is 10.6 Å². The van der Waals surface area contributed by atoms with Gasteiger partial charge in [0.1, 0.15) is 5.82 Å². The number of rotatable bonds is 5. The molecule has 4 heterocycles. The normalized spacial score (nSPS) is 20.4. The molecule has 2 aromatic heterocycles. The van der Waals surface area contributed by atoms with Gasteiger partial charge < -0.3 is 10.6 Å². The van der Waals surface area contributed by atoms with E-state index < -0.39 is 0 Å². The Labute approximate surface area is 286 Å². The Morgan fingerprint density at radius 3 is 2.00 bits per heavy atom. The van der Waals surface area contributed by atoms with Crippen LogP contribution in [0.2, 0.25) is 0 Å². The third kappa shape index (κ3) is 6.97. The van der Waals surface area contributed by atoms with Crippen LogP contribution >= 0.6 is 47.8 Å². The van der Waals surface area contributed by atoms with Gasteiger partial charge in [-0.2, -0.15) is 0 Å². The smallest absolute Gasteiger partial charge is 0.243 e. The second-order valence-corrected chi connectivity index (χ2v) is 14.4. The van der Waals surface area contributed by atoms with Gasteiger partial charge in [0.15, 0.2) is 0 Å². The minimum atomic E-state index is -0.301. The number of hydrogen-bond acceptors (Lipinski definition) is 8. The fraction of sp³-hybridized carbons (Fsp3) is 0.355. The number of fused-ring (bicyclic) bond motifs is 2. The third-order valence-corrected chi connectivity index (χ3v) is 9.78. The Morgan fingerprint density at radius 1 is 0.822 bits per heavy atom. The fourth-order valence-electron chi connectivity index (χ4n) is 6.01. The maximum atomic E-state index is 14.9. The number of anilines is 2. The molecular weight excluding hydrogens is 771 g/mol. The summed E-state index contributed by atoms with van der Waals surface area (Å²) in [5.74, 6) is 1.70. The molecule has 3 aromatic carbocycles. The monoisotopic (exact) mass is 800 g/mol. The van der Waals surface area contributed by atoms with E-state index in [4.69, 9.17) is 0 Å². The number of nitrogens with one attached hydrogen (secondary N) is 2. The summed E-state index contributed by atoms with van der Waals surface area (Å²) >= 11 is 10.5. The number of aryl methyl sites for hydroxylation is 1. The van der Waals surface area contributed by atoms with E-state index in [2.05, 4.69) is 128 Å². The summed E-state index contributed by atoms with van der Waals surface area (Å²) in [5.41, 5.74) is 3.54. The molecule has 4 atom stereocenters. The summed E-state index contributed by atoms with van der Waals surface area (Å²) in [6.07, 6.45) is 2.73. The Kier molecular flexibility index (Phi) is 9.62. The van der Waals surface area contributed by atoms with Crippen molar-refractivity contribution in [3.05, 3.63) is 102 Å². The molecule has 0 amide bonds. The highest BCUT2D eigenvalue weighted by molar-refractivity contribution is 9.11. The lowest BCUT2D eigenvalue weighted by Gasteiger charge is -2.32. The van der Waals surface area contributed by atoms with E-state index in [0.29, 0.717) is 35.5 Å². The van der Waals surface area contributed by atoms with E-state index in [1.165, 1.54) is 5.56 Å². The Balaban J connectivity index is 0.000000163. The van der Waals surface area contributed by atoms with Crippen molar-refractivity contribution in [2.75, 3.05) is 10.6 Å². The highest BCUT2D eigenvalue weighted by Crippen LogP contribution is 2.41. The number of halogens is 4. The first-order valence-electron chi connectivity index (χ1n) is 14.7. The topological polar surface area (TPSA) is 111 Å². The van der Waals surface area contributed by atoms with E-state index in [1.807, 2.05) is 35.0 Å². The predicted octanol–water partition coefficient (Wildman–Crippen LogP) is 8.37. The van der Waals surface area contributed by atoms with Crippen molar-refractivity contribution in [1.82, 2.24) is 40.4 Å². The van der Waals surface area contributed by atoms with E-state index in [1.54, 1.807) is 17.7 Å². The third-order valence-electron chi connectivity index (χ3n) is 8.10. The zero-order valence-electron chi connectivity index (χ0n) is 24.9. The van der Waals surface area contributed by atoms with Gasteiger partial charge in [-0.25, -0.2) is 13.8 Å². The van der Waals surface area contributed by atoms with E-state index >= 15 is 0 Å². The molecule has 5 aromatic rings. The van der Waals surface area contributed by atoms with Crippen molar-refractivity contribution >= 4 is 59.7 Å². The second kappa shape index (κ2) is 13.6. The molecule has 0 spiro atoms. The summed E-state index contributed by atoms with van der Waals surface area (Å²) in [5, 5.41) is 30.7. The Hall–Kier alpha value is -3.23. The van der Waals surface area contributed by atoms with Crippen LogP contribution in [0.15, 0.2) is 74.1 Å². The highest BCUT2D eigenvalue weighted by atomic mass is 79.9. The summed E-state index contributed by atoms with van der Waals surface area (Å²) in [6, 6.07) is 20.4. The van der Waals surface area contributed by atoms with Crippen molar-refractivity contribution in [1.29, 1.82) is 0 Å². The fourth-order valence-corrected chi connectivity index (χ4v) is 7.41. The summed E-state index contributed by atoms with van der Waals surface area (Å²) < 4.78 is 21.3. The van der Waals surface area contributed by atoms with Gasteiger partial charge in [0.2, 0.25) is 11.9 Å². The van der Waals surface area contributed by atoms with Crippen LogP contribution in [0, 0.1) is 18.7 Å². The molecule has 0 bridgehead atoms. The van der Waals surface area contributed by atoms with Crippen LogP contribution in [-0.4, -0.2) is 40.4 Å². The molecule has 0 saturated heterocycles. The van der Waals surface area contributed by atoms with Crippen molar-refractivity contribution < 1.29 is 4.39 Å². The molecule has 0 aliphatic carbocycles. The lowest BCUT2D eigenvalue weighted by atomic mass is 9.92. The quantitative estimate of drug-likeness (QED) is 0.183. The minimum absolute atomic E-state index is 0.0205. The first kappa shape index (κ1) is 31.7. The number of tetrazole rings is 2. The largest absolute Gasteiger partial charge is 0.346 e. The molecule has 2 unspecified atom stereocenters. The second-order valence-electron chi connectivity index (χ2n) is 11.8. The van der Waals surface area contributed by atoms with Crippen LogP contribution in [-0.2, 0) is 0 Å². The van der Waals surface area contributed by atoms with Gasteiger partial charge in [-0.15, -0.1) is 0 Å². The standard InChI is InChI=1S/C17H14Br2FN5.C14H18BrN5/c1-9-5-6-12(19)15(16(9)20)14-8-13(10-3-2-4-11(18)7-10)21-17-22-23-24-25(14)17;1-9(2)6-12-8-13(10-4-3-5-11(15)7-10)16-14-17-18-19-20(12)14/h2-7,13-14H,8H2,1H3,(H,21,22,24);3-5,7,9,12-13H,6,8H2,1-2H3,(H,16,17,19)/t13-,14+;/m0./s1. The van der Waals surface area contributed by atoms with E-state index in [0.717, 1.165) is 37.8 Å². The molecule has 2 aliphatic rings. The van der Waals surface area contributed by atoms with Gasteiger partial charge in [0.05, 0.1) is 24.2 Å². The Morgan fingerprint density at radius 2 is 1.40 bits per heavy atom. The van der Waals surface area contributed by atoms with Crippen LogP contribution in [0.25, 0.3) is 0 Å². The van der Waals surface area contributed by atoms with Gasteiger partial charge >= 0.3 is 0 Å². The lowest BCUT2D eigenvalue weighted by Crippen LogP contribution is -2.29. The molecular formula is C31H32Br3FN10. The van der Waals surface area contributed by atoms with Crippen molar-refractivity contribution in [3.63, 3.8) is 0 Å².